The van der Waals surface area contributed by atoms with Crippen LogP contribution in [0.4, 0.5) is 11.9 Å². The molecule has 2 saturated carbocycles. The third-order valence-electron chi connectivity index (χ3n) is 6.29. The lowest BCUT2D eigenvalue weighted by Gasteiger charge is -2.34. The maximum Gasteiger partial charge on any atom is 0.322 e. The molecule has 2 N–H and O–H groups in total. The molecule has 0 spiro atoms. The monoisotopic (exact) mass is 361 g/mol. The van der Waals surface area contributed by atoms with Crippen molar-refractivity contribution in [1.29, 1.82) is 0 Å². The Bertz CT molecular complexity index is 549. The standard InChI is InChI=1S/C20H35N5O/c1-12-6-8-16(14(3)10-12)21-18-23-19(25-20(24-18)26-5)22-17-9-7-13(2)11-15(17)4/h12-17H,6-11H2,1-5H3,(H2,21,22,23,24,25). The molecule has 0 aromatic carbocycles. The zero-order valence-corrected chi connectivity index (χ0v) is 17.0. The average molecular weight is 362 g/mol. The topological polar surface area (TPSA) is 72.0 Å². The number of nitrogens with zero attached hydrogens (tertiary/aromatic N) is 3. The van der Waals surface area contributed by atoms with Gasteiger partial charge in [-0.05, 0) is 62.2 Å². The van der Waals surface area contributed by atoms with Crippen LogP contribution in [-0.2, 0) is 0 Å². The quantitative estimate of drug-likeness (QED) is 0.812. The number of hydrogen-bond acceptors (Lipinski definition) is 6. The van der Waals surface area contributed by atoms with E-state index in [0.29, 0.717) is 41.8 Å². The summed E-state index contributed by atoms with van der Waals surface area (Å²) in [5, 5.41) is 7.08. The number of anilines is 2. The van der Waals surface area contributed by atoms with Crippen LogP contribution in [0.25, 0.3) is 0 Å². The van der Waals surface area contributed by atoms with Crippen LogP contribution in [0.1, 0.15) is 66.2 Å². The minimum Gasteiger partial charge on any atom is -0.467 e. The number of methoxy groups -OCH3 is 1. The molecule has 3 rings (SSSR count). The molecule has 0 bridgehead atoms. The molecule has 0 saturated heterocycles. The summed E-state index contributed by atoms with van der Waals surface area (Å²) in [7, 11) is 1.61. The van der Waals surface area contributed by atoms with E-state index < -0.39 is 0 Å². The minimum absolute atomic E-state index is 0.374. The predicted molar refractivity (Wildman–Crippen MR) is 106 cm³/mol. The SMILES string of the molecule is COc1nc(NC2CCC(C)CC2C)nc(NC2CCC(C)CC2C)n1. The summed E-state index contributed by atoms with van der Waals surface area (Å²) in [5.74, 6) is 4.12. The van der Waals surface area contributed by atoms with Crippen molar-refractivity contribution in [1.82, 2.24) is 15.0 Å². The van der Waals surface area contributed by atoms with Crippen molar-refractivity contribution in [3.8, 4) is 6.01 Å². The van der Waals surface area contributed by atoms with Crippen LogP contribution in [0.2, 0.25) is 0 Å². The Kier molecular flexibility index (Phi) is 6.20. The third kappa shape index (κ3) is 4.77. The molecule has 26 heavy (non-hydrogen) atoms. The summed E-state index contributed by atoms with van der Waals surface area (Å²) in [5.41, 5.74) is 0. The lowest BCUT2D eigenvalue weighted by molar-refractivity contribution is 0.274. The molecule has 1 heterocycles. The Balaban J connectivity index is 1.70. The average Bonchev–Trinajstić information content (AvgIpc) is 2.60. The summed E-state index contributed by atoms with van der Waals surface area (Å²) in [6.45, 7) is 9.31. The van der Waals surface area contributed by atoms with Crippen LogP contribution in [-0.4, -0.2) is 34.1 Å². The van der Waals surface area contributed by atoms with Gasteiger partial charge >= 0.3 is 6.01 Å². The van der Waals surface area contributed by atoms with Crippen LogP contribution < -0.4 is 15.4 Å². The maximum absolute atomic E-state index is 5.32. The van der Waals surface area contributed by atoms with E-state index in [1.54, 1.807) is 7.11 Å². The molecule has 2 fully saturated rings. The summed E-state index contributed by atoms with van der Waals surface area (Å²) >= 11 is 0. The molecular weight excluding hydrogens is 326 g/mol. The van der Waals surface area contributed by atoms with Crippen LogP contribution in [0.15, 0.2) is 0 Å². The number of aromatic nitrogens is 3. The fourth-order valence-electron chi connectivity index (χ4n) is 4.67. The summed E-state index contributed by atoms with van der Waals surface area (Å²) in [6.07, 6.45) is 7.35. The molecule has 0 radical (unpaired) electrons. The smallest absolute Gasteiger partial charge is 0.322 e. The van der Waals surface area contributed by atoms with E-state index in [0.717, 1.165) is 24.7 Å². The van der Waals surface area contributed by atoms with E-state index >= 15 is 0 Å². The highest BCUT2D eigenvalue weighted by Crippen LogP contribution is 2.32. The van der Waals surface area contributed by atoms with Crippen molar-refractivity contribution in [2.45, 2.75) is 78.3 Å². The second-order valence-corrected chi connectivity index (χ2v) is 8.76. The number of rotatable bonds is 5. The number of nitrogens with one attached hydrogen (secondary N) is 2. The van der Waals surface area contributed by atoms with E-state index in [2.05, 4.69) is 53.3 Å². The van der Waals surface area contributed by atoms with E-state index in [1.165, 1.54) is 25.7 Å². The first-order chi connectivity index (χ1) is 12.4. The molecule has 6 nitrogen and oxygen atoms in total. The Hall–Kier alpha value is -1.59. The normalized spacial score (nSPS) is 35.0. The van der Waals surface area contributed by atoms with Gasteiger partial charge < -0.3 is 15.4 Å². The second kappa shape index (κ2) is 8.40. The van der Waals surface area contributed by atoms with Gasteiger partial charge in [0.05, 0.1) is 7.11 Å². The molecular formula is C20H35N5O. The van der Waals surface area contributed by atoms with E-state index in [9.17, 15) is 0 Å². The molecule has 2 aliphatic rings. The van der Waals surface area contributed by atoms with Gasteiger partial charge in [0.25, 0.3) is 0 Å². The molecule has 6 heteroatoms. The van der Waals surface area contributed by atoms with E-state index in [-0.39, 0.29) is 0 Å². The Morgan fingerprint density at radius 3 is 1.58 bits per heavy atom. The van der Waals surface area contributed by atoms with Crippen molar-refractivity contribution in [2.24, 2.45) is 23.7 Å². The van der Waals surface area contributed by atoms with Crippen molar-refractivity contribution < 1.29 is 4.74 Å². The highest BCUT2D eigenvalue weighted by molar-refractivity contribution is 5.37. The van der Waals surface area contributed by atoms with Crippen LogP contribution in [0, 0.1) is 23.7 Å². The largest absolute Gasteiger partial charge is 0.467 e. The molecule has 0 aliphatic heterocycles. The lowest BCUT2D eigenvalue weighted by atomic mass is 9.80. The van der Waals surface area contributed by atoms with Crippen molar-refractivity contribution >= 4 is 11.9 Å². The number of ether oxygens (including phenoxy) is 1. The first-order valence-corrected chi connectivity index (χ1v) is 10.3. The zero-order valence-electron chi connectivity index (χ0n) is 17.0. The van der Waals surface area contributed by atoms with Gasteiger partial charge in [0.1, 0.15) is 0 Å². The van der Waals surface area contributed by atoms with Gasteiger partial charge in [0, 0.05) is 12.1 Å². The fraction of sp³-hybridized carbons (Fsp3) is 0.850. The van der Waals surface area contributed by atoms with Gasteiger partial charge in [-0.3, -0.25) is 0 Å². The van der Waals surface area contributed by atoms with Gasteiger partial charge in [-0.15, -0.1) is 0 Å². The summed E-state index contributed by atoms with van der Waals surface area (Å²) in [4.78, 5) is 13.5. The Morgan fingerprint density at radius 1 is 0.731 bits per heavy atom. The second-order valence-electron chi connectivity index (χ2n) is 8.76. The molecule has 146 valence electrons. The van der Waals surface area contributed by atoms with E-state index in [4.69, 9.17) is 4.74 Å². The number of hydrogen-bond donors (Lipinski definition) is 2. The minimum atomic E-state index is 0.374. The van der Waals surface area contributed by atoms with Crippen molar-refractivity contribution in [3.05, 3.63) is 0 Å². The predicted octanol–water partition coefficient (Wildman–Crippen LogP) is 4.35. The molecule has 1 aromatic rings. The van der Waals surface area contributed by atoms with Gasteiger partial charge in [-0.1, -0.05) is 27.7 Å². The highest BCUT2D eigenvalue weighted by atomic mass is 16.5. The van der Waals surface area contributed by atoms with Crippen molar-refractivity contribution in [2.75, 3.05) is 17.7 Å². The van der Waals surface area contributed by atoms with Crippen molar-refractivity contribution in [3.63, 3.8) is 0 Å². The Morgan fingerprint density at radius 2 is 1.19 bits per heavy atom. The van der Waals surface area contributed by atoms with Gasteiger partial charge in [-0.25, -0.2) is 0 Å². The maximum atomic E-state index is 5.32. The molecule has 6 atom stereocenters. The van der Waals surface area contributed by atoms with Crippen LogP contribution in [0.3, 0.4) is 0 Å². The van der Waals surface area contributed by atoms with Crippen LogP contribution in [0.5, 0.6) is 6.01 Å². The lowest BCUT2D eigenvalue weighted by Crippen LogP contribution is -2.35. The first-order valence-electron chi connectivity index (χ1n) is 10.3. The molecule has 1 aromatic heterocycles. The molecule has 6 unspecified atom stereocenters. The molecule has 2 aliphatic carbocycles. The van der Waals surface area contributed by atoms with E-state index in [1.807, 2.05) is 0 Å². The van der Waals surface area contributed by atoms with Gasteiger partial charge in [0.15, 0.2) is 0 Å². The third-order valence-corrected chi connectivity index (χ3v) is 6.29. The first kappa shape index (κ1) is 19.2. The highest BCUT2D eigenvalue weighted by Gasteiger charge is 2.28. The fourth-order valence-corrected chi connectivity index (χ4v) is 4.67. The summed E-state index contributed by atoms with van der Waals surface area (Å²) < 4.78 is 5.32. The van der Waals surface area contributed by atoms with Gasteiger partial charge in [-0.2, -0.15) is 15.0 Å². The Labute approximate surface area is 157 Å². The van der Waals surface area contributed by atoms with Crippen LogP contribution >= 0.6 is 0 Å². The summed E-state index contributed by atoms with van der Waals surface area (Å²) in [6, 6.07) is 1.21. The van der Waals surface area contributed by atoms with Gasteiger partial charge in [0.2, 0.25) is 11.9 Å². The molecule has 0 amide bonds. The zero-order chi connectivity index (χ0) is 18.7.